The summed E-state index contributed by atoms with van der Waals surface area (Å²) in [6.07, 6.45) is 6.20. The Hall–Kier alpha value is -3.67. The first-order chi connectivity index (χ1) is 15.2. The molecule has 1 aromatic heterocycles. The van der Waals surface area contributed by atoms with Crippen molar-refractivity contribution in [1.29, 1.82) is 0 Å². The van der Waals surface area contributed by atoms with Gasteiger partial charge in [-0.1, -0.05) is 23.3 Å². The van der Waals surface area contributed by atoms with Gasteiger partial charge in [0.2, 0.25) is 0 Å². The highest BCUT2D eigenvalue weighted by molar-refractivity contribution is 5.88. The van der Waals surface area contributed by atoms with Crippen molar-refractivity contribution in [2.75, 3.05) is 7.11 Å². The summed E-state index contributed by atoms with van der Waals surface area (Å²) in [7, 11) is 1.42. The third-order valence-electron chi connectivity index (χ3n) is 5.28. The quantitative estimate of drug-likeness (QED) is 0.404. The molecule has 6 heteroatoms. The molecule has 168 valence electrons. The molecule has 0 unspecified atom stereocenters. The van der Waals surface area contributed by atoms with Gasteiger partial charge in [0, 0.05) is 23.3 Å². The molecule has 2 aromatic carbocycles. The van der Waals surface area contributed by atoms with Crippen LogP contribution in [0.5, 0.6) is 23.0 Å². The lowest BCUT2D eigenvalue weighted by molar-refractivity contribution is 0.373. The molecule has 0 aliphatic rings. The van der Waals surface area contributed by atoms with Crippen LogP contribution in [0.3, 0.4) is 0 Å². The van der Waals surface area contributed by atoms with Crippen LogP contribution in [0.2, 0.25) is 0 Å². The normalized spacial score (nSPS) is 11.6. The topological polar surface area (TPSA) is 100 Å². The summed E-state index contributed by atoms with van der Waals surface area (Å²) >= 11 is 0. The largest absolute Gasteiger partial charge is 0.507 e. The second-order valence-electron chi connectivity index (χ2n) is 8.03. The van der Waals surface area contributed by atoms with Crippen molar-refractivity contribution in [2.24, 2.45) is 0 Å². The molecule has 0 saturated heterocycles. The van der Waals surface area contributed by atoms with Gasteiger partial charge in [-0.2, -0.15) is 0 Å². The van der Waals surface area contributed by atoms with Crippen molar-refractivity contribution in [3.05, 3.63) is 69.4 Å². The van der Waals surface area contributed by atoms with Crippen molar-refractivity contribution < 1.29 is 24.5 Å². The van der Waals surface area contributed by atoms with E-state index >= 15 is 0 Å². The van der Waals surface area contributed by atoms with Gasteiger partial charge < -0.3 is 24.5 Å². The first kappa shape index (κ1) is 23.0. The minimum absolute atomic E-state index is 0.0166. The van der Waals surface area contributed by atoms with Gasteiger partial charge in [0.25, 0.3) is 0 Å². The first-order valence-electron chi connectivity index (χ1n) is 10.4. The number of hydrogen-bond donors (Lipinski definition) is 3. The van der Waals surface area contributed by atoms with Crippen LogP contribution in [0.15, 0.2) is 62.8 Å². The minimum Gasteiger partial charge on any atom is -0.507 e. The van der Waals surface area contributed by atoms with Gasteiger partial charge >= 0.3 is 0 Å². The predicted octanol–water partition coefficient (Wildman–Crippen LogP) is 5.82. The number of ether oxygens (including phenoxy) is 1. The average Bonchev–Trinajstić information content (AvgIpc) is 2.73. The molecular weight excluding hydrogens is 408 g/mol. The second-order valence-corrected chi connectivity index (χ2v) is 8.03. The maximum Gasteiger partial charge on any atom is 0.197 e. The number of aromatic hydroxyl groups is 3. The van der Waals surface area contributed by atoms with Gasteiger partial charge in [-0.3, -0.25) is 4.79 Å². The van der Waals surface area contributed by atoms with Crippen molar-refractivity contribution in [3.8, 4) is 34.3 Å². The highest BCUT2D eigenvalue weighted by Gasteiger charge is 2.18. The van der Waals surface area contributed by atoms with Crippen LogP contribution in [-0.4, -0.2) is 22.4 Å². The molecule has 32 heavy (non-hydrogen) atoms. The molecule has 1 heterocycles. The minimum atomic E-state index is -0.434. The number of rotatable bonds is 7. The fourth-order valence-electron chi connectivity index (χ4n) is 3.47. The van der Waals surface area contributed by atoms with E-state index in [0.717, 1.165) is 18.4 Å². The molecule has 0 radical (unpaired) electrons. The fourth-order valence-corrected chi connectivity index (χ4v) is 3.47. The van der Waals surface area contributed by atoms with Crippen LogP contribution in [0, 0.1) is 0 Å². The highest BCUT2D eigenvalue weighted by Crippen LogP contribution is 2.37. The lowest BCUT2D eigenvalue weighted by Crippen LogP contribution is -2.02. The van der Waals surface area contributed by atoms with E-state index in [4.69, 9.17) is 9.15 Å². The van der Waals surface area contributed by atoms with Crippen LogP contribution < -0.4 is 10.2 Å². The Morgan fingerprint density at radius 1 is 1.03 bits per heavy atom. The van der Waals surface area contributed by atoms with Crippen LogP contribution >= 0.6 is 0 Å². The summed E-state index contributed by atoms with van der Waals surface area (Å²) in [6, 6.07) is 7.17. The summed E-state index contributed by atoms with van der Waals surface area (Å²) in [5.41, 5.74) is 2.82. The van der Waals surface area contributed by atoms with Crippen LogP contribution in [-0.2, 0) is 6.42 Å². The molecule has 3 aromatic rings. The number of phenolic OH excluding ortho intramolecular Hbond substituents is 3. The first-order valence-corrected chi connectivity index (χ1v) is 10.4. The maximum atomic E-state index is 12.8. The summed E-state index contributed by atoms with van der Waals surface area (Å²) in [4.78, 5) is 12.8. The van der Waals surface area contributed by atoms with Gasteiger partial charge in [-0.05, 0) is 58.2 Å². The maximum absolute atomic E-state index is 12.8. The number of methoxy groups -OCH3 is 1. The van der Waals surface area contributed by atoms with E-state index in [1.165, 1.54) is 36.9 Å². The van der Waals surface area contributed by atoms with Crippen molar-refractivity contribution in [1.82, 2.24) is 0 Å². The number of phenols is 3. The molecule has 3 rings (SSSR count). The molecule has 0 bridgehead atoms. The molecule has 0 fully saturated rings. The Kier molecular flexibility index (Phi) is 6.93. The fraction of sp³-hybridized carbons (Fsp3) is 0.269. The highest BCUT2D eigenvalue weighted by atomic mass is 16.5. The smallest absolute Gasteiger partial charge is 0.197 e. The van der Waals surface area contributed by atoms with E-state index in [2.05, 4.69) is 19.9 Å². The summed E-state index contributed by atoms with van der Waals surface area (Å²) in [5.74, 6) is -0.00668. The standard InChI is InChI=1S/C26H28O6/c1-15(2)6-5-7-16(3)8-10-18-20(28)13-24-25(26(18)30)21(29)14-22(32-24)17-9-11-19(27)23(12-17)31-4/h6,8-9,11-14,27-28,30H,5,7,10H2,1-4H3/b16-8-. The van der Waals surface area contributed by atoms with Gasteiger partial charge in [0.05, 0.1) is 7.11 Å². The Bertz CT molecular complexity index is 1260. The van der Waals surface area contributed by atoms with Crippen LogP contribution in [0.1, 0.15) is 39.2 Å². The molecule has 3 N–H and O–H groups in total. The SMILES string of the molecule is COc1cc(-c2cc(=O)c3c(O)c(C/C=C(/C)CCC=C(C)C)c(O)cc3o2)ccc1O. The van der Waals surface area contributed by atoms with E-state index in [1.807, 2.05) is 13.0 Å². The van der Waals surface area contributed by atoms with Crippen molar-refractivity contribution in [3.63, 3.8) is 0 Å². The van der Waals surface area contributed by atoms with Gasteiger partial charge in [-0.15, -0.1) is 0 Å². The molecule has 0 amide bonds. The molecule has 0 atom stereocenters. The van der Waals surface area contributed by atoms with Crippen LogP contribution in [0.25, 0.3) is 22.3 Å². The van der Waals surface area contributed by atoms with Crippen molar-refractivity contribution in [2.45, 2.75) is 40.0 Å². The number of hydrogen-bond acceptors (Lipinski definition) is 6. The Labute approximate surface area is 186 Å². The Balaban J connectivity index is 1.98. The number of benzene rings is 2. The molecule has 0 aliphatic carbocycles. The third kappa shape index (κ3) is 4.97. The summed E-state index contributed by atoms with van der Waals surface area (Å²) < 4.78 is 10.9. The monoisotopic (exact) mass is 436 g/mol. The molecular formula is C26H28O6. The van der Waals surface area contributed by atoms with Crippen LogP contribution in [0.4, 0.5) is 0 Å². The Morgan fingerprint density at radius 2 is 1.78 bits per heavy atom. The zero-order valence-corrected chi connectivity index (χ0v) is 18.7. The number of fused-ring (bicyclic) bond motifs is 1. The van der Waals surface area contributed by atoms with E-state index < -0.39 is 5.43 Å². The summed E-state index contributed by atoms with van der Waals surface area (Å²) in [5, 5.41) is 31.0. The Morgan fingerprint density at radius 3 is 2.47 bits per heavy atom. The van der Waals surface area contributed by atoms with E-state index in [1.54, 1.807) is 6.07 Å². The second kappa shape index (κ2) is 9.64. The predicted molar refractivity (Wildman–Crippen MR) is 126 cm³/mol. The zero-order chi connectivity index (χ0) is 23.4. The zero-order valence-electron chi connectivity index (χ0n) is 18.7. The molecule has 0 saturated carbocycles. The molecule has 6 nitrogen and oxygen atoms in total. The van der Waals surface area contributed by atoms with Crippen molar-refractivity contribution >= 4 is 11.0 Å². The molecule has 0 spiro atoms. The van der Waals surface area contributed by atoms with E-state index in [9.17, 15) is 20.1 Å². The van der Waals surface area contributed by atoms with E-state index in [0.29, 0.717) is 12.0 Å². The lowest BCUT2D eigenvalue weighted by atomic mass is 10.0. The summed E-state index contributed by atoms with van der Waals surface area (Å²) in [6.45, 7) is 6.11. The van der Waals surface area contributed by atoms with E-state index in [-0.39, 0.29) is 45.3 Å². The van der Waals surface area contributed by atoms with Gasteiger partial charge in [0.1, 0.15) is 28.2 Å². The third-order valence-corrected chi connectivity index (χ3v) is 5.28. The van der Waals surface area contributed by atoms with Gasteiger partial charge in [-0.25, -0.2) is 0 Å². The lowest BCUT2D eigenvalue weighted by Gasteiger charge is -2.11. The average molecular weight is 437 g/mol. The number of allylic oxidation sites excluding steroid dienone is 4. The molecule has 0 aliphatic heterocycles. The van der Waals surface area contributed by atoms with Gasteiger partial charge in [0.15, 0.2) is 16.9 Å².